The minimum atomic E-state index is -0.238. The van der Waals surface area contributed by atoms with E-state index in [1.807, 2.05) is 6.07 Å². The molecule has 2 unspecified atom stereocenters. The molecule has 0 aliphatic carbocycles. The lowest BCUT2D eigenvalue weighted by Gasteiger charge is -2.40. The van der Waals surface area contributed by atoms with Crippen molar-refractivity contribution in [3.05, 3.63) is 35.9 Å². The number of aryl methyl sites for hydroxylation is 1. The summed E-state index contributed by atoms with van der Waals surface area (Å²) in [5.74, 6) is 0. The third kappa shape index (κ3) is 3.55. The highest BCUT2D eigenvalue weighted by Gasteiger charge is 2.28. The lowest BCUT2D eigenvalue weighted by molar-refractivity contribution is 0.0111. The summed E-state index contributed by atoms with van der Waals surface area (Å²) in [5, 5.41) is 10.4. The summed E-state index contributed by atoms with van der Waals surface area (Å²) in [7, 11) is 4.24. The van der Waals surface area contributed by atoms with Gasteiger partial charge in [-0.2, -0.15) is 0 Å². The topological polar surface area (TPSA) is 26.7 Å². The van der Waals surface area contributed by atoms with Crippen molar-refractivity contribution in [3.63, 3.8) is 0 Å². The summed E-state index contributed by atoms with van der Waals surface area (Å²) in [5.41, 5.74) is 1.31. The van der Waals surface area contributed by atoms with Crippen molar-refractivity contribution in [2.45, 2.75) is 25.0 Å². The molecule has 0 bridgehead atoms. The van der Waals surface area contributed by atoms with Crippen LogP contribution in [-0.4, -0.2) is 60.8 Å². The highest BCUT2D eigenvalue weighted by molar-refractivity contribution is 5.14. The van der Waals surface area contributed by atoms with Crippen LogP contribution in [0.5, 0.6) is 0 Å². The first-order valence-electron chi connectivity index (χ1n) is 6.77. The number of benzene rings is 1. The van der Waals surface area contributed by atoms with E-state index >= 15 is 0 Å². The Balaban J connectivity index is 1.85. The van der Waals surface area contributed by atoms with Crippen LogP contribution in [0.4, 0.5) is 0 Å². The summed E-state index contributed by atoms with van der Waals surface area (Å²) in [6.45, 7) is 3.11. The number of rotatable bonds is 4. The standard InChI is InChI=1S/C15H24N2O/c1-16-10-11-17(2)14(12-16)15(18)9-8-13-6-4-3-5-7-13/h3-7,14-15,18H,8-12H2,1-2H3. The van der Waals surface area contributed by atoms with Gasteiger partial charge in [0.05, 0.1) is 6.10 Å². The molecule has 1 aromatic rings. The fourth-order valence-electron chi connectivity index (χ4n) is 2.61. The Morgan fingerprint density at radius 3 is 2.67 bits per heavy atom. The van der Waals surface area contributed by atoms with Gasteiger partial charge in [-0.25, -0.2) is 0 Å². The van der Waals surface area contributed by atoms with Crippen LogP contribution in [0.3, 0.4) is 0 Å². The normalized spacial score (nSPS) is 24.1. The van der Waals surface area contributed by atoms with Crippen LogP contribution in [0, 0.1) is 0 Å². The third-order valence-corrected chi connectivity index (χ3v) is 3.92. The molecule has 0 spiro atoms. The van der Waals surface area contributed by atoms with Crippen LogP contribution in [0.15, 0.2) is 30.3 Å². The molecule has 0 radical (unpaired) electrons. The first-order valence-corrected chi connectivity index (χ1v) is 6.77. The monoisotopic (exact) mass is 248 g/mol. The number of piperazine rings is 1. The van der Waals surface area contributed by atoms with Gasteiger partial charge in [0.2, 0.25) is 0 Å². The molecule has 1 N–H and O–H groups in total. The van der Waals surface area contributed by atoms with Crippen LogP contribution in [-0.2, 0) is 6.42 Å². The third-order valence-electron chi connectivity index (χ3n) is 3.92. The second-order valence-electron chi connectivity index (χ2n) is 5.40. The minimum absolute atomic E-state index is 0.238. The first-order chi connectivity index (χ1) is 8.66. The largest absolute Gasteiger partial charge is 0.391 e. The van der Waals surface area contributed by atoms with E-state index in [1.54, 1.807) is 0 Å². The molecule has 2 atom stereocenters. The van der Waals surface area contributed by atoms with Gasteiger partial charge < -0.3 is 10.0 Å². The molecule has 1 fully saturated rings. The average Bonchev–Trinajstić information content (AvgIpc) is 2.40. The van der Waals surface area contributed by atoms with Gasteiger partial charge in [0.25, 0.3) is 0 Å². The Bertz CT molecular complexity index is 355. The number of aliphatic hydroxyl groups is 1. The van der Waals surface area contributed by atoms with Crippen LogP contribution in [0.1, 0.15) is 12.0 Å². The molecule has 0 saturated carbocycles. The smallest absolute Gasteiger partial charge is 0.0710 e. The average molecular weight is 248 g/mol. The molecule has 3 heteroatoms. The first kappa shape index (κ1) is 13.5. The Labute approximate surface area is 110 Å². The zero-order chi connectivity index (χ0) is 13.0. The van der Waals surface area contributed by atoms with Gasteiger partial charge in [0.1, 0.15) is 0 Å². The van der Waals surface area contributed by atoms with E-state index in [2.05, 4.69) is 48.2 Å². The van der Waals surface area contributed by atoms with Crippen LogP contribution >= 0.6 is 0 Å². The highest BCUT2D eigenvalue weighted by atomic mass is 16.3. The Hall–Kier alpha value is -0.900. The quantitative estimate of drug-likeness (QED) is 0.868. The van der Waals surface area contributed by atoms with Crippen LogP contribution < -0.4 is 0 Å². The maximum Gasteiger partial charge on any atom is 0.0710 e. The second kappa shape index (κ2) is 6.32. The van der Waals surface area contributed by atoms with Gasteiger partial charge in [0.15, 0.2) is 0 Å². The molecule has 3 nitrogen and oxygen atoms in total. The molecule has 1 aromatic carbocycles. The van der Waals surface area contributed by atoms with Crippen molar-refractivity contribution in [2.24, 2.45) is 0 Å². The predicted molar refractivity (Wildman–Crippen MR) is 74.7 cm³/mol. The van der Waals surface area contributed by atoms with Crippen molar-refractivity contribution in [1.29, 1.82) is 0 Å². The lowest BCUT2D eigenvalue weighted by Crippen LogP contribution is -2.55. The number of hydrogen-bond acceptors (Lipinski definition) is 3. The summed E-state index contributed by atoms with van der Waals surface area (Å²) in [6.07, 6.45) is 1.56. The number of nitrogens with zero attached hydrogens (tertiary/aromatic N) is 2. The van der Waals surface area contributed by atoms with Gasteiger partial charge in [-0.1, -0.05) is 30.3 Å². The van der Waals surface area contributed by atoms with E-state index in [1.165, 1.54) is 5.56 Å². The highest BCUT2D eigenvalue weighted by Crippen LogP contribution is 2.14. The zero-order valence-corrected chi connectivity index (χ0v) is 11.4. The van der Waals surface area contributed by atoms with E-state index < -0.39 is 0 Å². The molecule has 18 heavy (non-hydrogen) atoms. The molecular weight excluding hydrogens is 224 g/mol. The summed E-state index contributed by atoms with van der Waals surface area (Å²) >= 11 is 0. The lowest BCUT2D eigenvalue weighted by atomic mass is 9.99. The summed E-state index contributed by atoms with van der Waals surface area (Å²) in [6, 6.07) is 10.7. The SMILES string of the molecule is CN1CCN(C)C(C(O)CCc2ccccc2)C1. The van der Waals surface area contributed by atoms with Crippen molar-refractivity contribution >= 4 is 0 Å². The Morgan fingerprint density at radius 2 is 1.94 bits per heavy atom. The van der Waals surface area contributed by atoms with Gasteiger partial charge in [-0.3, -0.25) is 4.90 Å². The molecule has 1 saturated heterocycles. The molecule has 0 amide bonds. The minimum Gasteiger partial charge on any atom is -0.391 e. The van der Waals surface area contributed by atoms with Crippen molar-refractivity contribution in [3.8, 4) is 0 Å². The fraction of sp³-hybridized carbons (Fsp3) is 0.600. The van der Waals surface area contributed by atoms with Gasteiger partial charge >= 0.3 is 0 Å². The van der Waals surface area contributed by atoms with E-state index in [0.29, 0.717) is 0 Å². The molecule has 0 aromatic heterocycles. The number of likely N-dealkylation sites (N-methyl/N-ethyl adjacent to an activating group) is 2. The maximum atomic E-state index is 10.4. The van der Waals surface area contributed by atoms with Crippen molar-refractivity contribution in [1.82, 2.24) is 9.80 Å². The fourth-order valence-corrected chi connectivity index (χ4v) is 2.61. The molecule has 100 valence electrons. The van der Waals surface area contributed by atoms with E-state index in [9.17, 15) is 5.11 Å². The predicted octanol–water partition coefficient (Wildman–Crippen LogP) is 1.23. The van der Waals surface area contributed by atoms with Crippen molar-refractivity contribution < 1.29 is 5.11 Å². The van der Waals surface area contributed by atoms with Gasteiger partial charge in [0, 0.05) is 25.7 Å². The Kier molecular flexibility index (Phi) is 4.75. The van der Waals surface area contributed by atoms with Crippen LogP contribution in [0.2, 0.25) is 0 Å². The van der Waals surface area contributed by atoms with E-state index in [4.69, 9.17) is 0 Å². The van der Waals surface area contributed by atoms with Gasteiger partial charge in [-0.05, 0) is 32.5 Å². The Morgan fingerprint density at radius 1 is 1.22 bits per heavy atom. The van der Waals surface area contributed by atoms with Gasteiger partial charge in [-0.15, -0.1) is 0 Å². The number of hydrogen-bond donors (Lipinski definition) is 1. The molecule has 1 heterocycles. The zero-order valence-electron chi connectivity index (χ0n) is 11.4. The second-order valence-corrected chi connectivity index (χ2v) is 5.40. The molecule has 1 aliphatic heterocycles. The molecule has 1 aliphatic rings. The van der Waals surface area contributed by atoms with E-state index in [0.717, 1.165) is 32.5 Å². The number of aliphatic hydroxyl groups excluding tert-OH is 1. The maximum absolute atomic E-state index is 10.4. The molecule has 2 rings (SSSR count). The van der Waals surface area contributed by atoms with Crippen LogP contribution in [0.25, 0.3) is 0 Å². The molecular formula is C15H24N2O. The summed E-state index contributed by atoms with van der Waals surface area (Å²) in [4.78, 5) is 4.59. The van der Waals surface area contributed by atoms with E-state index in [-0.39, 0.29) is 12.1 Å². The van der Waals surface area contributed by atoms with Crippen molar-refractivity contribution in [2.75, 3.05) is 33.7 Å². The summed E-state index contributed by atoms with van der Waals surface area (Å²) < 4.78 is 0.